The van der Waals surface area contributed by atoms with Gasteiger partial charge >= 0.3 is 6.03 Å². The highest BCUT2D eigenvalue weighted by molar-refractivity contribution is 5.73. The highest BCUT2D eigenvalue weighted by Gasteiger charge is 2.16. The molecule has 0 rings (SSSR count). The minimum atomic E-state index is -0.0715. The number of amides is 2. The molecule has 0 aromatic heterocycles. The van der Waals surface area contributed by atoms with E-state index in [1.54, 1.807) is 26.0 Å². The smallest absolute Gasteiger partial charge is 0.319 e. The molecule has 68 valence electrons. The topological polar surface area (TPSA) is 47.3 Å². The predicted molar refractivity (Wildman–Crippen MR) is 46.5 cm³/mol. The van der Waals surface area contributed by atoms with E-state index in [1.165, 1.54) is 4.90 Å². The van der Waals surface area contributed by atoms with Crippen LogP contribution in [0.15, 0.2) is 0 Å². The third kappa shape index (κ3) is 2.79. The molecular formula is C8H15N3O. The van der Waals surface area contributed by atoms with Gasteiger partial charge in [-0.15, -0.1) is 0 Å². The number of rotatable bonds is 2. The second-order valence-electron chi connectivity index (χ2n) is 3.00. The summed E-state index contributed by atoms with van der Waals surface area (Å²) in [6.07, 6.45) is 0.371. The maximum atomic E-state index is 11.3. The van der Waals surface area contributed by atoms with Gasteiger partial charge in [0.25, 0.3) is 0 Å². The standard InChI is InChI=1S/C8H15N3O/c1-7(5-6-9)11(4)8(12)10(2)3/h7H,5H2,1-4H3. The molecule has 1 atom stereocenters. The predicted octanol–water partition coefficient (Wildman–Crippen LogP) is 0.902. The Morgan fingerprint density at radius 1 is 1.50 bits per heavy atom. The summed E-state index contributed by atoms with van der Waals surface area (Å²) in [7, 11) is 5.08. The largest absolute Gasteiger partial charge is 0.331 e. The number of urea groups is 1. The summed E-state index contributed by atoms with van der Waals surface area (Å²) in [5.41, 5.74) is 0. The van der Waals surface area contributed by atoms with Gasteiger partial charge in [0, 0.05) is 27.2 Å². The fourth-order valence-corrected chi connectivity index (χ4v) is 0.773. The average molecular weight is 169 g/mol. The Kier molecular flexibility index (Phi) is 4.12. The Morgan fingerprint density at radius 3 is 2.33 bits per heavy atom. The first-order chi connectivity index (χ1) is 5.50. The van der Waals surface area contributed by atoms with Crippen LogP contribution in [0.1, 0.15) is 13.3 Å². The van der Waals surface area contributed by atoms with Crippen LogP contribution in [0, 0.1) is 11.3 Å². The Labute approximate surface area is 73.4 Å². The molecule has 0 saturated carbocycles. The molecule has 4 heteroatoms. The summed E-state index contributed by atoms with van der Waals surface area (Å²) in [6.45, 7) is 1.85. The van der Waals surface area contributed by atoms with Crippen molar-refractivity contribution in [1.29, 1.82) is 5.26 Å². The molecule has 2 amide bonds. The van der Waals surface area contributed by atoms with Gasteiger partial charge in [0.05, 0.1) is 12.5 Å². The van der Waals surface area contributed by atoms with Gasteiger partial charge in [0.1, 0.15) is 0 Å². The maximum absolute atomic E-state index is 11.3. The third-order valence-electron chi connectivity index (χ3n) is 1.73. The van der Waals surface area contributed by atoms with Crippen molar-refractivity contribution < 1.29 is 4.79 Å². The summed E-state index contributed by atoms with van der Waals surface area (Å²) in [5.74, 6) is 0. The Hall–Kier alpha value is -1.24. The van der Waals surface area contributed by atoms with Crippen molar-refractivity contribution in [3.05, 3.63) is 0 Å². The van der Waals surface area contributed by atoms with Crippen molar-refractivity contribution in [3.63, 3.8) is 0 Å². The van der Waals surface area contributed by atoms with Gasteiger partial charge in [0.2, 0.25) is 0 Å². The normalized spacial score (nSPS) is 11.6. The van der Waals surface area contributed by atoms with Crippen molar-refractivity contribution in [2.24, 2.45) is 0 Å². The molecule has 0 heterocycles. The molecule has 0 bridgehead atoms. The quantitative estimate of drug-likeness (QED) is 0.616. The van der Waals surface area contributed by atoms with E-state index in [0.29, 0.717) is 6.42 Å². The first-order valence-corrected chi connectivity index (χ1v) is 3.81. The zero-order valence-corrected chi connectivity index (χ0v) is 8.03. The molecule has 0 aliphatic heterocycles. The van der Waals surface area contributed by atoms with E-state index in [4.69, 9.17) is 5.26 Å². The molecule has 12 heavy (non-hydrogen) atoms. The van der Waals surface area contributed by atoms with Gasteiger partial charge in [0.15, 0.2) is 0 Å². The number of carbonyl (C=O) groups is 1. The van der Waals surface area contributed by atoms with Crippen LogP contribution >= 0.6 is 0 Å². The van der Waals surface area contributed by atoms with Crippen molar-refractivity contribution in [2.75, 3.05) is 21.1 Å². The highest BCUT2D eigenvalue weighted by atomic mass is 16.2. The fourth-order valence-electron chi connectivity index (χ4n) is 0.773. The molecule has 0 saturated heterocycles. The molecular weight excluding hydrogens is 154 g/mol. The number of carbonyl (C=O) groups excluding carboxylic acids is 1. The number of hydrogen-bond acceptors (Lipinski definition) is 2. The SMILES string of the molecule is CC(CC#N)N(C)C(=O)N(C)C. The van der Waals surface area contributed by atoms with Crippen LogP contribution < -0.4 is 0 Å². The van der Waals surface area contributed by atoms with E-state index < -0.39 is 0 Å². The lowest BCUT2D eigenvalue weighted by atomic mass is 10.2. The summed E-state index contributed by atoms with van der Waals surface area (Å²) in [6, 6.07) is 1.93. The second-order valence-corrected chi connectivity index (χ2v) is 3.00. The van der Waals surface area contributed by atoms with Gasteiger partial charge in [-0.1, -0.05) is 0 Å². The second kappa shape index (κ2) is 4.60. The first-order valence-electron chi connectivity index (χ1n) is 3.81. The van der Waals surface area contributed by atoms with Crippen LogP contribution in [-0.2, 0) is 0 Å². The van der Waals surface area contributed by atoms with Gasteiger partial charge < -0.3 is 9.80 Å². The Morgan fingerprint density at radius 2 is 2.00 bits per heavy atom. The van der Waals surface area contributed by atoms with E-state index in [9.17, 15) is 4.79 Å². The van der Waals surface area contributed by atoms with Crippen LogP contribution in [0.3, 0.4) is 0 Å². The lowest BCUT2D eigenvalue weighted by molar-refractivity contribution is 0.168. The van der Waals surface area contributed by atoms with E-state index in [-0.39, 0.29) is 12.1 Å². The minimum absolute atomic E-state index is 0.0232. The highest BCUT2D eigenvalue weighted by Crippen LogP contribution is 2.02. The number of nitriles is 1. The van der Waals surface area contributed by atoms with E-state index in [0.717, 1.165) is 0 Å². The maximum Gasteiger partial charge on any atom is 0.319 e. The zero-order chi connectivity index (χ0) is 9.72. The Balaban J connectivity index is 4.11. The Bertz CT molecular complexity index is 195. The van der Waals surface area contributed by atoms with Crippen LogP contribution in [0.2, 0.25) is 0 Å². The number of nitrogens with zero attached hydrogens (tertiary/aromatic N) is 3. The van der Waals surface area contributed by atoms with Crippen LogP contribution in [-0.4, -0.2) is 43.0 Å². The van der Waals surface area contributed by atoms with Crippen molar-refractivity contribution >= 4 is 6.03 Å². The molecule has 0 N–H and O–H groups in total. The molecule has 1 unspecified atom stereocenters. The average Bonchev–Trinajstić information content (AvgIpc) is 2.02. The minimum Gasteiger partial charge on any atom is -0.331 e. The lowest BCUT2D eigenvalue weighted by Crippen LogP contribution is -2.41. The fraction of sp³-hybridized carbons (Fsp3) is 0.750. The molecule has 0 aliphatic rings. The molecule has 0 aliphatic carbocycles. The van der Waals surface area contributed by atoms with E-state index in [2.05, 4.69) is 0 Å². The number of hydrogen-bond donors (Lipinski definition) is 0. The van der Waals surface area contributed by atoms with Gasteiger partial charge in [-0.2, -0.15) is 5.26 Å². The summed E-state index contributed by atoms with van der Waals surface area (Å²) in [5, 5.41) is 8.40. The van der Waals surface area contributed by atoms with Gasteiger partial charge in [-0.3, -0.25) is 0 Å². The third-order valence-corrected chi connectivity index (χ3v) is 1.73. The van der Waals surface area contributed by atoms with Crippen LogP contribution in [0.5, 0.6) is 0 Å². The van der Waals surface area contributed by atoms with Gasteiger partial charge in [-0.25, -0.2) is 4.79 Å². The summed E-state index contributed by atoms with van der Waals surface area (Å²) >= 11 is 0. The van der Waals surface area contributed by atoms with Crippen LogP contribution in [0.4, 0.5) is 4.79 Å². The zero-order valence-electron chi connectivity index (χ0n) is 8.03. The van der Waals surface area contributed by atoms with Crippen LogP contribution in [0.25, 0.3) is 0 Å². The molecule has 4 nitrogen and oxygen atoms in total. The molecule has 0 fully saturated rings. The molecule has 0 spiro atoms. The first kappa shape index (κ1) is 10.8. The lowest BCUT2D eigenvalue weighted by Gasteiger charge is -2.26. The van der Waals surface area contributed by atoms with Gasteiger partial charge in [-0.05, 0) is 6.92 Å². The summed E-state index contributed by atoms with van der Waals surface area (Å²) < 4.78 is 0. The van der Waals surface area contributed by atoms with Crippen molar-refractivity contribution in [3.8, 4) is 6.07 Å². The molecule has 0 aromatic carbocycles. The summed E-state index contributed by atoms with van der Waals surface area (Å²) in [4.78, 5) is 14.4. The monoisotopic (exact) mass is 169 g/mol. The molecule has 0 radical (unpaired) electrons. The van der Waals surface area contributed by atoms with Crippen molar-refractivity contribution in [2.45, 2.75) is 19.4 Å². The van der Waals surface area contributed by atoms with Crippen molar-refractivity contribution in [1.82, 2.24) is 9.80 Å². The van der Waals surface area contributed by atoms with E-state index in [1.807, 2.05) is 13.0 Å². The van der Waals surface area contributed by atoms with E-state index >= 15 is 0 Å². The molecule has 0 aromatic rings.